The van der Waals surface area contributed by atoms with E-state index in [2.05, 4.69) is 4.98 Å². The van der Waals surface area contributed by atoms with Crippen molar-refractivity contribution in [1.82, 2.24) is 9.88 Å². The molecule has 0 atom stereocenters. The van der Waals surface area contributed by atoms with Crippen molar-refractivity contribution in [1.29, 1.82) is 0 Å². The van der Waals surface area contributed by atoms with Crippen molar-refractivity contribution in [2.45, 2.75) is 46.2 Å². The lowest BCUT2D eigenvalue weighted by atomic mass is 10.0. The summed E-state index contributed by atoms with van der Waals surface area (Å²) in [5, 5.41) is 9.42. The van der Waals surface area contributed by atoms with Gasteiger partial charge in [-0.3, -0.25) is 9.69 Å². The molecule has 0 bridgehead atoms. The Hall–Kier alpha value is -2.56. The minimum absolute atomic E-state index is 0.0750. The number of aromatic nitrogens is 1. The lowest BCUT2D eigenvalue weighted by Gasteiger charge is -2.33. The summed E-state index contributed by atoms with van der Waals surface area (Å²) < 4.78 is 0. The van der Waals surface area contributed by atoms with E-state index in [-0.39, 0.29) is 12.1 Å². The molecule has 0 saturated carbocycles. The Kier molecular flexibility index (Phi) is 5.12. The van der Waals surface area contributed by atoms with Gasteiger partial charge in [0.15, 0.2) is 0 Å². The number of carboxylic acid groups (broad SMARTS) is 1. The van der Waals surface area contributed by atoms with Crippen molar-refractivity contribution in [3.63, 3.8) is 0 Å². The molecule has 128 valence electrons. The number of carbonyl (C=O) groups is 1. The van der Waals surface area contributed by atoms with Gasteiger partial charge in [-0.05, 0) is 44.9 Å². The van der Waals surface area contributed by atoms with Gasteiger partial charge < -0.3 is 10.1 Å². The predicted octanol–water partition coefficient (Wildman–Crippen LogP) is 3.55. The Bertz CT molecular complexity index is 773. The van der Waals surface area contributed by atoms with E-state index in [1.165, 1.54) is 4.90 Å². The molecule has 0 radical (unpaired) electrons. The van der Waals surface area contributed by atoms with Crippen molar-refractivity contribution in [2.75, 3.05) is 0 Å². The molecule has 5 heteroatoms. The minimum atomic E-state index is -1.03. The van der Waals surface area contributed by atoms with Gasteiger partial charge >= 0.3 is 6.09 Å². The van der Waals surface area contributed by atoms with Gasteiger partial charge in [0.25, 0.3) is 5.56 Å². The van der Waals surface area contributed by atoms with Crippen LogP contribution in [0.4, 0.5) is 4.79 Å². The third-order valence-electron chi connectivity index (χ3n) is 4.01. The predicted molar refractivity (Wildman–Crippen MR) is 94.4 cm³/mol. The SMILES string of the molecule is Cc1cc(Cc2ccccc2)[nH]c(=O)c1CN(C(=O)O)C(C)(C)C. The summed E-state index contributed by atoms with van der Waals surface area (Å²) in [6.07, 6.45) is -0.395. The van der Waals surface area contributed by atoms with E-state index in [0.717, 1.165) is 16.8 Å². The zero-order chi connectivity index (χ0) is 17.9. The number of rotatable bonds is 4. The molecule has 1 aromatic carbocycles. The molecular weight excluding hydrogens is 304 g/mol. The maximum Gasteiger partial charge on any atom is 0.408 e. The maximum atomic E-state index is 12.5. The number of hydrogen-bond donors (Lipinski definition) is 2. The summed E-state index contributed by atoms with van der Waals surface area (Å²) in [4.78, 5) is 28.1. The van der Waals surface area contributed by atoms with Crippen LogP contribution in [0.15, 0.2) is 41.2 Å². The van der Waals surface area contributed by atoms with Crippen molar-refractivity contribution in [3.8, 4) is 0 Å². The van der Waals surface area contributed by atoms with Crippen LogP contribution in [0.1, 0.15) is 43.2 Å². The first-order valence-corrected chi connectivity index (χ1v) is 7.94. The Labute approximate surface area is 142 Å². The summed E-state index contributed by atoms with van der Waals surface area (Å²) >= 11 is 0. The molecule has 0 aliphatic rings. The van der Waals surface area contributed by atoms with Gasteiger partial charge in [0.2, 0.25) is 0 Å². The van der Waals surface area contributed by atoms with Crippen molar-refractivity contribution in [2.24, 2.45) is 0 Å². The normalized spacial score (nSPS) is 11.3. The quantitative estimate of drug-likeness (QED) is 0.901. The van der Waals surface area contributed by atoms with Crippen LogP contribution in [0.3, 0.4) is 0 Å². The molecule has 1 aromatic heterocycles. The highest BCUT2D eigenvalue weighted by atomic mass is 16.4. The first-order chi connectivity index (χ1) is 11.2. The van der Waals surface area contributed by atoms with E-state index in [1.807, 2.05) is 64.1 Å². The van der Waals surface area contributed by atoms with E-state index >= 15 is 0 Å². The van der Waals surface area contributed by atoms with Crippen LogP contribution in [-0.2, 0) is 13.0 Å². The van der Waals surface area contributed by atoms with Gasteiger partial charge in [0.05, 0.1) is 6.54 Å². The number of amides is 1. The highest BCUT2D eigenvalue weighted by Crippen LogP contribution is 2.18. The minimum Gasteiger partial charge on any atom is -0.465 e. The fourth-order valence-electron chi connectivity index (χ4n) is 2.64. The Balaban J connectivity index is 2.30. The van der Waals surface area contributed by atoms with Crippen LogP contribution >= 0.6 is 0 Å². The van der Waals surface area contributed by atoms with E-state index in [1.54, 1.807) is 0 Å². The molecule has 0 aliphatic carbocycles. The number of H-pyrrole nitrogens is 1. The maximum absolute atomic E-state index is 12.5. The number of nitrogens with zero attached hydrogens (tertiary/aromatic N) is 1. The molecule has 24 heavy (non-hydrogen) atoms. The summed E-state index contributed by atoms with van der Waals surface area (Å²) in [6, 6.07) is 11.8. The Morgan fingerprint density at radius 1 is 1.21 bits per heavy atom. The fourth-order valence-corrected chi connectivity index (χ4v) is 2.64. The molecular formula is C19H24N2O3. The molecule has 5 nitrogen and oxygen atoms in total. The molecule has 2 rings (SSSR count). The van der Waals surface area contributed by atoms with Crippen LogP contribution in [-0.4, -0.2) is 26.6 Å². The Morgan fingerprint density at radius 2 is 1.83 bits per heavy atom. The van der Waals surface area contributed by atoms with Crippen LogP contribution in [0.5, 0.6) is 0 Å². The Morgan fingerprint density at radius 3 is 2.33 bits per heavy atom. The number of aryl methyl sites for hydroxylation is 1. The molecule has 2 N–H and O–H groups in total. The van der Waals surface area contributed by atoms with Crippen LogP contribution < -0.4 is 5.56 Å². The summed E-state index contributed by atoms with van der Waals surface area (Å²) in [6.45, 7) is 7.37. The van der Waals surface area contributed by atoms with Crippen molar-refractivity contribution < 1.29 is 9.90 Å². The number of hydrogen-bond acceptors (Lipinski definition) is 2. The number of aromatic amines is 1. The van der Waals surface area contributed by atoms with Crippen LogP contribution in [0, 0.1) is 6.92 Å². The van der Waals surface area contributed by atoms with Gasteiger partial charge in [-0.2, -0.15) is 0 Å². The molecule has 0 aliphatic heterocycles. The highest BCUT2D eigenvalue weighted by Gasteiger charge is 2.27. The average Bonchev–Trinajstić information content (AvgIpc) is 2.45. The average molecular weight is 328 g/mol. The zero-order valence-electron chi connectivity index (χ0n) is 14.6. The molecule has 1 heterocycles. The summed E-state index contributed by atoms with van der Waals surface area (Å²) in [7, 11) is 0. The van der Waals surface area contributed by atoms with E-state index in [0.29, 0.717) is 12.0 Å². The second kappa shape index (κ2) is 6.91. The van der Waals surface area contributed by atoms with E-state index in [4.69, 9.17) is 0 Å². The molecule has 2 aromatic rings. The standard InChI is InChI=1S/C19H24N2O3/c1-13-10-15(11-14-8-6-5-7-9-14)20-17(22)16(13)12-21(18(23)24)19(2,3)4/h5-10H,11-12H2,1-4H3,(H,20,22)(H,23,24). The number of benzene rings is 1. The summed E-state index contributed by atoms with van der Waals surface area (Å²) in [5.41, 5.74) is 2.43. The first-order valence-electron chi connectivity index (χ1n) is 7.94. The topological polar surface area (TPSA) is 73.4 Å². The van der Waals surface area contributed by atoms with Crippen LogP contribution in [0.2, 0.25) is 0 Å². The molecule has 0 spiro atoms. The van der Waals surface area contributed by atoms with Crippen molar-refractivity contribution >= 4 is 6.09 Å². The first kappa shape index (κ1) is 17.8. The van der Waals surface area contributed by atoms with Crippen LogP contribution in [0.25, 0.3) is 0 Å². The third-order valence-corrected chi connectivity index (χ3v) is 4.01. The van der Waals surface area contributed by atoms with Gasteiger partial charge in [0, 0.05) is 23.2 Å². The number of pyridine rings is 1. The summed E-state index contributed by atoms with van der Waals surface area (Å²) in [5.74, 6) is 0. The highest BCUT2D eigenvalue weighted by molar-refractivity contribution is 5.66. The molecule has 0 fully saturated rings. The third kappa shape index (κ3) is 4.25. The largest absolute Gasteiger partial charge is 0.465 e. The van der Waals surface area contributed by atoms with Gasteiger partial charge in [0.1, 0.15) is 0 Å². The van der Waals surface area contributed by atoms with E-state index in [9.17, 15) is 14.7 Å². The van der Waals surface area contributed by atoms with Gasteiger partial charge in [-0.25, -0.2) is 4.79 Å². The molecule has 1 amide bonds. The zero-order valence-corrected chi connectivity index (χ0v) is 14.6. The van der Waals surface area contributed by atoms with E-state index < -0.39 is 11.6 Å². The van der Waals surface area contributed by atoms with Gasteiger partial charge in [-0.1, -0.05) is 30.3 Å². The molecule has 0 saturated heterocycles. The second-order valence-corrected chi connectivity index (χ2v) is 6.99. The molecule has 0 unspecified atom stereocenters. The smallest absolute Gasteiger partial charge is 0.408 e. The van der Waals surface area contributed by atoms with Crippen molar-refractivity contribution in [3.05, 3.63) is 69.1 Å². The monoisotopic (exact) mass is 328 g/mol. The lowest BCUT2D eigenvalue weighted by Crippen LogP contribution is -2.45. The van der Waals surface area contributed by atoms with Gasteiger partial charge in [-0.15, -0.1) is 0 Å². The fraction of sp³-hybridized carbons (Fsp3) is 0.368. The lowest BCUT2D eigenvalue weighted by molar-refractivity contribution is 0.0952. The second-order valence-electron chi connectivity index (χ2n) is 6.99. The number of nitrogens with one attached hydrogen (secondary N) is 1.